The SMILES string of the molecule is CC/C=C\C/C=C\C/C=C\C/C=C\C/C=C\CCCC(=O)OC[C@H](COP(=O)(O)OCCN)OC(=O)CCC/C=C\C/C=C\C/C=C\C=C\C(=O)CCCCC. The Bertz CT molecular complexity index is 1340. The lowest BCUT2D eigenvalue weighted by Crippen LogP contribution is -2.29. The van der Waals surface area contributed by atoms with E-state index >= 15 is 0 Å². The van der Waals surface area contributed by atoms with Gasteiger partial charge in [0.05, 0.1) is 13.2 Å². The van der Waals surface area contributed by atoms with E-state index < -0.39 is 32.5 Å². The molecule has 0 amide bonds. The summed E-state index contributed by atoms with van der Waals surface area (Å²) in [6.07, 6.45) is 48.3. The molecule has 56 heavy (non-hydrogen) atoms. The summed E-state index contributed by atoms with van der Waals surface area (Å²) in [5, 5.41) is 0. The van der Waals surface area contributed by atoms with E-state index in [4.69, 9.17) is 24.3 Å². The number of allylic oxidation sites excluding steroid dienone is 18. The summed E-state index contributed by atoms with van der Waals surface area (Å²) in [5.74, 6) is -0.851. The van der Waals surface area contributed by atoms with Crippen molar-refractivity contribution in [3.63, 3.8) is 0 Å². The third-order valence-corrected chi connectivity index (χ3v) is 8.60. The van der Waals surface area contributed by atoms with E-state index in [9.17, 15) is 23.8 Å². The van der Waals surface area contributed by atoms with E-state index in [0.717, 1.165) is 64.2 Å². The summed E-state index contributed by atoms with van der Waals surface area (Å²) in [7, 11) is -4.43. The number of ether oxygens (including phenoxy) is 2. The maximum absolute atomic E-state index is 12.5. The Morgan fingerprint density at radius 1 is 0.607 bits per heavy atom. The first-order valence-corrected chi connectivity index (χ1v) is 21.8. The number of hydrogen-bond donors (Lipinski definition) is 2. The summed E-state index contributed by atoms with van der Waals surface area (Å²) < 4.78 is 32.6. The zero-order chi connectivity index (χ0) is 41.2. The Kier molecular flexibility index (Phi) is 37.0. The summed E-state index contributed by atoms with van der Waals surface area (Å²) in [5.41, 5.74) is 5.33. The lowest BCUT2D eigenvalue weighted by molar-refractivity contribution is -0.161. The molecule has 0 heterocycles. The van der Waals surface area contributed by atoms with Gasteiger partial charge < -0.3 is 20.1 Å². The van der Waals surface area contributed by atoms with Crippen LogP contribution in [-0.4, -0.2) is 55.1 Å². The van der Waals surface area contributed by atoms with Gasteiger partial charge in [-0.1, -0.05) is 130 Å². The minimum absolute atomic E-state index is 0.0207. The van der Waals surface area contributed by atoms with Gasteiger partial charge in [0.25, 0.3) is 0 Å². The zero-order valence-electron chi connectivity index (χ0n) is 34.1. The standard InChI is InChI=1S/C45H70NO9P/c1-3-5-7-8-9-10-11-12-13-14-15-16-19-22-25-28-32-36-44(48)52-40-43(41-54-56(50,51)53-39-38-46)55-45(49)37-33-29-26-23-20-17-18-21-24-27-31-35-42(47)34-30-6-4-2/h5,7,9-10,12-13,15-18,22-27,31,35,43H,3-4,6,8,11,14,19-21,28-30,32-34,36-41,46H2,1-2H3,(H,50,51)/b7-5-,10-9-,13-12-,16-15-,18-17-,25-22-,26-23-,27-24-,35-31+/t43-/m1/s1. The van der Waals surface area contributed by atoms with Crippen LogP contribution in [0.5, 0.6) is 0 Å². The summed E-state index contributed by atoms with van der Waals surface area (Å²) in [4.78, 5) is 46.5. The van der Waals surface area contributed by atoms with Gasteiger partial charge in [0, 0.05) is 25.8 Å². The molecular weight excluding hydrogens is 729 g/mol. The van der Waals surface area contributed by atoms with Gasteiger partial charge in [-0.2, -0.15) is 0 Å². The molecule has 0 aromatic heterocycles. The minimum Gasteiger partial charge on any atom is -0.462 e. The molecule has 314 valence electrons. The number of unbranched alkanes of at least 4 members (excludes halogenated alkanes) is 4. The minimum atomic E-state index is -4.43. The molecule has 0 rings (SSSR count). The number of carbonyl (C=O) groups excluding carboxylic acids is 3. The van der Waals surface area contributed by atoms with Crippen LogP contribution < -0.4 is 5.73 Å². The van der Waals surface area contributed by atoms with Gasteiger partial charge in [0.15, 0.2) is 11.9 Å². The number of esters is 2. The molecule has 1 unspecified atom stereocenters. The first kappa shape index (κ1) is 52.3. The van der Waals surface area contributed by atoms with Crippen LogP contribution in [0, 0.1) is 0 Å². The predicted octanol–water partition coefficient (Wildman–Crippen LogP) is 10.8. The molecule has 3 N–H and O–H groups in total. The molecule has 0 aliphatic heterocycles. The Hall–Kier alpha value is -3.66. The third kappa shape index (κ3) is 38.6. The van der Waals surface area contributed by atoms with E-state index in [1.807, 2.05) is 42.5 Å². The number of phosphoric acid groups is 1. The molecule has 0 aromatic carbocycles. The molecule has 11 heteroatoms. The highest BCUT2D eigenvalue weighted by Crippen LogP contribution is 2.43. The molecule has 0 radical (unpaired) electrons. The maximum Gasteiger partial charge on any atom is 0.472 e. The number of nitrogens with two attached hydrogens (primary N) is 1. The van der Waals surface area contributed by atoms with Gasteiger partial charge >= 0.3 is 19.8 Å². The monoisotopic (exact) mass is 799 g/mol. The molecule has 10 nitrogen and oxygen atoms in total. The average molecular weight is 800 g/mol. The Morgan fingerprint density at radius 3 is 1.66 bits per heavy atom. The van der Waals surface area contributed by atoms with Crippen LogP contribution >= 0.6 is 7.82 Å². The molecule has 0 saturated carbocycles. The predicted molar refractivity (Wildman–Crippen MR) is 229 cm³/mol. The van der Waals surface area contributed by atoms with Gasteiger partial charge in [0.1, 0.15) is 6.61 Å². The molecule has 0 bridgehead atoms. The molecule has 2 atom stereocenters. The molecule has 0 spiro atoms. The number of carbonyl (C=O) groups is 3. The second-order valence-corrected chi connectivity index (χ2v) is 14.3. The summed E-state index contributed by atoms with van der Waals surface area (Å²) >= 11 is 0. The van der Waals surface area contributed by atoms with E-state index in [-0.39, 0.29) is 38.4 Å². The van der Waals surface area contributed by atoms with Crippen molar-refractivity contribution in [3.8, 4) is 0 Å². The maximum atomic E-state index is 12.5. The first-order chi connectivity index (χ1) is 27.2. The summed E-state index contributed by atoms with van der Waals surface area (Å²) in [6, 6.07) is 0. The van der Waals surface area contributed by atoms with E-state index in [1.54, 1.807) is 12.2 Å². The fourth-order valence-electron chi connectivity index (χ4n) is 4.62. The van der Waals surface area contributed by atoms with Crippen LogP contribution in [0.2, 0.25) is 0 Å². The van der Waals surface area contributed by atoms with Crippen molar-refractivity contribution in [1.82, 2.24) is 0 Å². The van der Waals surface area contributed by atoms with Crippen LogP contribution in [0.25, 0.3) is 0 Å². The lowest BCUT2D eigenvalue weighted by atomic mass is 10.1. The highest BCUT2D eigenvalue weighted by Gasteiger charge is 2.25. The van der Waals surface area contributed by atoms with Crippen molar-refractivity contribution in [2.75, 3.05) is 26.4 Å². The van der Waals surface area contributed by atoms with Gasteiger partial charge in [0.2, 0.25) is 0 Å². The number of phosphoric ester groups is 1. The number of hydrogen-bond acceptors (Lipinski definition) is 9. The quantitative estimate of drug-likeness (QED) is 0.0156. The highest BCUT2D eigenvalue weighted by atomic mass is 31.2. The van der Waals surface area contributed by atoms with Gasteiger partial charge in [-0.15, -0.1) is 0 Å². The van der Waals surface area contributed by atoms with Crippen LogP contribution in [0.1, 0.15) is 123 Å². The van der Waals surface area contributed by atoms with E-state index in [2.05, 4.69) is 68.5 Å². The summed E-state index contributed by atoms with van der Waals surface area (Å²) in [6.45, 7) is 3.26. The normalized spacial score (nSPS) is 14.4. The van der Waals surface area contributed by atoms with E-state index in [1.165, 1.54) is 0 Å². The molecule has 0 aliphatic carbocycles. The van der Waals surface area contributed by atoms with Crippen molar-refractivity contribution in [3.05, 3.63) is 109 Å². The topological polar surface area (TPSA) is 151 Å². The average Bonchev–Trinajstić information content (AvgIpc) is 3.18. The lowest BCUT2D eigenvalue weighted by Gasteiger charge is -2.19. The van der Waals surface area contributed by atoms with Gasteiger partial charge in [-0.05, 0) is 83.1 Å². The van der Waals surface area contributed by atoms with Crippen LogP contribution in [-0.2, 0) is 37.5 Å². The Balaban J connectivity index is 4.46. The second kappa shape index (κ2) is 39.6. The van der Waals surface area contributed by atoms with Crippen molar-refractivity contribution in [1.29, 1.82) is 0 Å². The highest BCUT2D eigenvalue weighted by molar-refractivity contribution is 7.47. The smallest absolute Gasteiger partial charge is 0.462 e. The molecule has 0 aromatic rings. The third-order valence-electron chi connectivity index (χ3n) is 7.62. The first-order valence-electron chi connectivity index (χ1n) is 20.3. The molecule has 0 aliphatic rings. The van der Waals surface area contributed by atoms with Gasteiger partial charge in [-0.3, -0.25) is 23.4 Å². The van der Waals surface area contributed by atoms with Crippen molar-refractivity contribution >= 4 is 25.5 Å². The molecule has 0 saturated heterocycles. The number of rotatable bonds is 36. The Labute approximate surface area is 337 Å². The van der Waals surface area contributed by atoms with Crippen LogP contribution in [0.4, 0.5) is 0 Å². The Morgan fingerprint density at radius 2 is 1.12 bits per heavy atom. The second-order valence-electron chi connectivity index (χ2n) is 12.8. The molecular formula is C45H70NO9P. The largest absolute Gasteiger partial charge is 0.472 e. The van der Waals surface area contributed by atoms with Crippen molar-refractivity contribution in [2.45, 2.75) is 129 Å². The fourth-order valence-corrected chi connectivity index (χ4v) is 5.38. The number of ketones is 1. The zero-order valence-corrected chi connectivity index (χ0v) is 35.0. The molecule has 0 fully saturated rings. The van der Waals surface area contributed by atoms with E-state index in [0.29, 0.717) is 32.1 Å². The van der Waals surface area contributed by atoms with Crippen LogP contribution in [0.3, 0.4) is 0 Å². The van der Waals surface area contributed by atoms with Crippen LogP contribution in [0.15, 0.2) is 109 Å². The fraction of sp³-hybridized carbons (Fsp3) is 0.533. The van der Waals surface area contributed by atoms with Gasteiger partial charge in [-0.25, -0.2) is 4.57 Å². The van der Waals surface area contributed by atoms with Crippen molar-refractivity contribution in [2.24, 2.45) is 5.73 Å². The van der Waals surface area contributed by atoms with Crippen molar-refractivity contribution < 1.29 is 42.4 Å².